The van der Waals surface area contributed by atoms with Crippen molar-refractivity contribution < 1.29 is 4.79 Å². The second kappa shape index (κ2) is 5.66. The van der Waals surface area contributed by atoms with Crippen LogP contribution in [0.15, 0.2) is 24.3 Å². The molecule has 0 unspecified atom stereocenters. The molecule has 1 saturated heterocycles. The molecular weight excluding hydrogens is 200 g/mol. The first-order chi connectivity index (χ1) is 7.86. The molecule has 0 saturated carbocycles. The molecular formula is C13H18N2O. The number of benzene rings is 1. The fourth-order valence-electron chi connectivity index (χ4n) is 1.97. The van der Waals surface area contributed by atoms with Gasteiger partial charge in [-0.2, -0.15) is 0 Å². The highest BCUT2D eigenvalue weighted by molar-refractivity contribution is 5.98. The first-order valence-electron chi connectivity index (χ1n) is 5.95. The standard InChI is InChI=1S/C8H7NO.C5H11N/c10-8-5-6-3-1-2-4-7(6)9-8;1-2-4-6-5-3-1/h1-4H,5H2,(H,9,10);6H,1-5H2. The van der Waals surface area contributed by atoms with Crippen molar-refractivity contribution in [1.82, 2.24) is 5.32 Å². The number of piperidine rings is 1. The Bertz CT molecular complexity index is 320. The summed E-state index contributed by atoms with van der Waals surface area (Å²) in [6.45, 7) is 2.50. The van der Waals surface area contributed by atoms with Gasteiger partial charge in [0.2, 0.25) is 5.91 Å². The van der Waals surface area contributed by atoms with Crippen LogP contribution in [0.1, 0.15) is 24.8 Å². The number of hydrogen-bond donors (Lipinski definition) is 2. The summed E-state index contributed by atoms with van der Waals surface area (Å²) in [6.07, 6.45) is 4.75. The van der Waals surface area contributed by atoms with Crippen LogP contribution in [0.5, 0.6) is 0 Å². The van der Waals surface area contributed by atoms with Crippen LogP contribution in [-0.4, -0.2) is 19.0 Å². The molecule has 0 radical (unpaired) electrons. The van der Waals surface area contributed by atoms with Crippen molar-refractivity contribution in [2.75, 3.05) is 18.4 Å². The van der Waals surface area contributed by atoms with Crippen LogP contribution in [0, 0.1) is 0 Å². The van der Waals surface area contributed by atoms with Gasteiger partial charge in [-0.3, -0.25) is 4.79 Å². The van der Waals surface area contributed by atoms with Crippen molar-refractivity contribution in [3.05, 3.63) is 29.8 Å². The van der Waals surface area contributed by atoms with Crippen molar-refractivity contribution in [1.29, 1.82) is 0 Å². The predicted molar refractivity (Wildman–Crippen MR) is 65.5 cm³/mol. The van der Waals surface area contributed by atoms with Crippen LogP contribution in [-0.2, 0) is 11.2 Å². The Morgan fingerprint density at radius 1 is 1.00 bits per heavy atom. The Morgan fingerprint density at radius 3 is 2.31 bits per heavy atom. The minimum absolute atomic E-state index is 0.0983. The molecule has 2 aliphatic heterocycles. The Balaban J connectivity index is 0.000000138. The first-order valence-corrected chi connectivity index (χ1v) is 5.95. The van der Waals surface area contributed by atoms with E-state index in [1.807, 2.05) is 24.3 Å². The van der Waals surface area contributed by atoms with Crippen molar-refractivity contribution in [3.8, 4) is 0 Å². The molecule has 0 bridgehead atoms. The van der Waals surface area contributed by atoms with Gasteiger partial charge in [0.05, 0.1) is 6.42 Å². The van der Waals surface area contributed by atoms with Crippen LogP contribution in [0.4, 0.5) is 5.69 Å². The van der Waals surface area contributed by atoms with E-state index < -0.39 is 0 Å². The maximum atomic E-state index is 10.8. The highest BCUT2D eigenvalue weighted by Crippen LogP contribution is 2.20. The lowest BCUT2D eigenvalue weighted by Gasteiger charge is -2.08. The molecule has 0 aromatic heterocycles. The summed E-state index contributed by atoms with van der Waals surface area (Å²) in [5, 5.41) is 6.04. The molecule has 1 aromatic carbocycles. The van der Waals surface area contributed by atoms with Gasteiger partial charge in [-0.25, -0.2) is 0 Å². The number of amides is 1. The molecule has 2 N–H and O–H groups in total. The third-order valence-corrected chi connectivity index (χ3v) is 2.85. The Morgan fingerprint density at radius 2 is 1.75 bits per heavy atom. The summed E-state index contributed by atoms with van der Waals surface area (Å²) < 4.78 is 0. The largest absolute Gasteiger partial charge is 0.326 e. The van der Waals surface area contributed by atoms with E-state index >= 15 is 0 Å². The number of para-hydroxylation sites is 1. The molecule has 1 aromatic rings. The lowest BCUT2D eigenvalue weighted by molar-refractivity contribution is -0.115. The normalized spacial score (nSPS) is 18.1. The molecule has 2 aliphatic rings. The van der Waals surface area contributed by atoms with Crippen LogP contribution in [0.2, 0.25) is 0 Å². The molecule has 3 rings (SSSR count). The smallest absolute Gasteiger partial charge is 0.228 e. The number of hydrogen-bond acceptors (Lipinski definition) is 2. The SMILES string of the molecule is C1CCNCC1.O=C1Cc2ccccc2N1. The van der Waals surface area contributed by atoms with E-state index in [0.717, 1.165) is 11.3 Å². The lowest BCUT2D eigenvalue weighted by atomic mass is 10.2. The summed E-state index contributed by atoms with van der Waals surface area (Å²) in [6, 6.07) is 7.75. The summed E-state index contributed by atoms with van der Waals surface area (Å²) in [7, 11) is 0. The average molecular weight is 218 g/mol. The molecule has 3 heteroatoms. The van der Waals surface area contributed by atoms with Crippen molar-refractivity contribution in [2.24, 2.45) is 0 Å². The molecule has 0 spiro atoms. The quantitative estimate of drug-likeness (QED) is 0.698. The maximum Gasteiger partial charge on any atom is 0.228 e. The minimum atomic E-state index is 0.0983. The molecule has 0 atom stereocenters. The zero-order valence-corrected chi connectivity index (χ0v) is 9.46. The van der Waals surface area contributed by atoms with Crippen LogP contribution < -0.4 is 10.6 Å². The molecule has 16 heavy (non-hydrogen) atoms. The number of fused-ring (bicyclic) bond motifs is 1. The fourth-order valence-corrected chi connectivity index (χ4v) is 1.97. The van der Waals surface area contributed by atoms with E-state index in [2.05, 4.69) is 10.6 Å². The molecule has 1 fully saturated rings. The summed E-state index contributed by atoms with van der Waals surface area (Å²) in [5.41, 5.74) is 2.07. The molecule has 0 aliphatic carbocycles. The second-order valence-electron chi connectivity index (χ2n) is 4.19. The molecule has 2 heterocycles. The highest BCUT2D eigenvalue weighted by atomic mass is 16.1. The van der Waals surface area contributed by atoms with E-state index in [-0.39, 0.29) is 5.91 Å². The monoisotopic (exact) mass is 218 g/mol. The zero-order chi connectivity index (χ0) is 11.2. The van der Waals surface area contributed by atoms with Gasteiger partial charge in [0.1, 0.15) is 0 Å². The Hall–Kier alpha value is -1.35. The number of carbonyl (C=O) groups is 1. The number of nitrogens with one attached hydrogen (secondary N) is 2. The molecule has 1 amide bonds. The Labute approximate surface area is 96.2 Å². The number of carbonyl (C=O) groups excluding carboxylic acids is 1. The van der Waals surface area contributed by atoms with Gasteiger partial charge in [0, 0.05) is 5.69 Å². The fraction of sp³-hybridized carbons (Fsp3) is 0.462. The Kier molecular flexibility index (Phi) is 3.94. The van der Waals surface area contributed by atoms with Crippen LogP contribution in [0.3, 0.4) is 0 Å². The van der Waals surface area contributed by atoms with Gasteiger partial charge in [-0.1, -0.05) is 24.6 Å². The third kappa shape index (κ3) is 3.07. The van der Waals surface area contributed by atoms with Gasteiger partial charge in [0.15, 0.2) is 0 Å². The second-order valence-corrected chi connectivity index (χ2v) is 4.19. The van der Waals surface area contributed by atoms with Gasteiger partial charge < -0.3 is 10.6 Å². The molecule has 86 valence electrons. The van der Waals surface area contributed by atoms with E-state index in [1.54, 1.807) is 0 Å². The number of anilines is 1. The van der Waals surface area contributed by atoms with Crippen molar-refractivity contribution in [2.45, 2.75) is 25.7 Å². The van der Waals surface area contributed by atoms with Gasteiger partial charge in [-0.05, 0) is 37.6 Å². The zero-order valence-electron chi connectivity index (χ0n) is 9.46. The van der Waals surface area contributed by atoms with Gasteiger partial charge in [0.25, 0.3) is 0 Å². The average Bonchev–Trinajstić information content (AvgIpc) is 2.72. The highest BCUT2D eigenvalue weighted by Gasteiger charge is 2.15. The maximum absolute atomic E-state index is 10.8. The first kappa shape index (κ1) is 11.1. The predicted octanol–water partition coefficient (Wildman–Crippen LogP) is 1.94. The van der Waals surface area contributed by atoms with E-state index in [9.17, 15) is 4.79 Å². The van der Waals surface area contributed by atoms with Crippen molar-refractivity contribution in [3.63, 3.8) is 0 Å². The topological polar surface area (TPSA) is 41.1 Å². The van der Waals surface area contributed by atoms with Crippen LogP contribution in [0.25, 0.3) is 0 Å². The summed E-state index contributed by atoms with van der Waals surface area (Å²) >= 11 is 0. The van der Waals surface area contributed by atoms with E-state index in [4.69, 9.17) is 0 Å². The van der Waals surface area contributed by atoms with Crippen molar-refractivity contribution >= 4 is 11.6 Å². The minimum Gasteiger partial charge on any atom is -0.326 e. The number of rotatable bonds is 0. The van der Waals surface area contributed by atoms with Gasteiger partial charge in [-0.15, -0.1) is 0 Å². The summed E-state index contributed by atoms with van der Waals surface area (Å²) in [4.78, 5) is 10.8. The van der Waals surface area contributed by atoms with Crippen LogP contribution >= 0.6 is 0 Å². The molecule has 3 nitrogen and oxygen atoms in total. The lowest BCUT2D eigenvalue weighted by Crippen LogP contribution is -2.21. The van der Waals surface area contributed by atoms with E-state index in [1.165, 1.54) is 32.4 Å². The third-order valence-electron chi connectivity index (χ3n) is 2.85. The van der Waals surface area contributed by atoms with E-state index in [0.29, 0.717) is 6.42 Å². The summed E-state index contributed by atoms with van der Waals surface area (Å²) in [5.74, 6) is 0.0983. The van der Waals surface area contributed by atoms with Gasteiger partial charge >= 0.3 is 0 Å².